The van der Waals surface area contributed by atoms with Crippen LogP contribution in [0.1, 0.15) is 22.3 Å². The number of piperazine rings is 1. The van der Waals surface area contributed by atoms with Crippen LogP contribution in [0.25, 0.3) is 0 Å². The van der Waals surface area contributed by atoms with E-state index in [9.17, 15) is 10.0 Å². The Labute approximate surface area is 166 Å². The Kier molecular flexibility index (Phi) is 5.63. The summed E-state index contributed by atoms with van der Waals surface area (Å²) in [5.41, 5.74) is 6.16. The molecule has 0 unspecified atom stereocenters. The van der Waals surface area contributed by atoms with Crippen LogP contribution in [0.3, 0.4) is 0 Å². The molecule has 150 valence electrons. The minimum atomic E-state index is -0.878. The average molecular weight is 383 g/mol. The van der Waals surface area contributed by atoms with E-state index in [0.717, 1.165) is 16.8 Å². The third-order valence-corrected chi connectivity index (χ3v) is 5.46. The van der Waals surface area contributed by atoms with Crippen LogP contribution in [-0.4, -0.2) is 44.0 Å². The Bertz CT molecular complexity index is 867. The van der Waals surface area contributed by atoms with Gasteiger partial charge in [0.05, 0.1) is 25.9 Å². The summed E-state index contributed by atoms with van der Waals surface area (Å²) in [7, 11) is 1.56. The van der Waals surface area contributed by atoms with Crippen molar-refractivity contribution in [2.45, 2.75) is 27.7 Å². The van der Waals surface area contributed by atoms with E-state index in [0.29, 0.717) is 24.5 Å². The number of urea groups is 1. The molecule has 0 spiro atoms. The fourth-order valence-corrected chi connectivity index (χ4v) is 3.66. The molecule has 0 radical (unpaired) electrons. The van der Waals surface area contributed by atoms with Gasteiger partial charge < -0.3 is 14.8 Å². The monoisotopic (exact) mass is 383 g/mol. The molecular weight excluding hydrogens is 354 g/mol. The third-order valence-electron chi connectivity index (χ3n) is 5.46. The maximum atomic E-state index is 13.1. The molecular formula is C22H29N3O3. The number of amides is 2. The van der Waals surface area contributed by atoms with Gasteiger partial charge in [0.15, 0.2) is 0 Å². The van der Waals surface area contributed by atoms with Gasteiger partial charge in [-0.3, -0.25) is 9.96 Å². The number of hydrogen-bond donors (Lipinski definition) is 1. The van der Waals surface area contributed by atoms with Crippen molar-refractivity contribution in [1.29, 1.82) is 0 Å². The number of benzene rings is 2. The second kappa shape index (κ2) is 7.81. The van der Waals surface area contributed by atoms with E-state index >= 15 is 0 Å². The van der Waals surface area contributed by atoms with Gasteiger partial charge in [0.25, 0.3) is 0 Å². The van der Waals surface area contributed by atoms with Crippen LogP contribution < -0.4 is 15.0 Å². The summed E-state index contributed by atoms with van der Waals surface area (Å²) >= 11 is 0. The van der Waals surface area contributed by atoms with Crippen LogP contribution in [-0.2, 0) is 0 Å². The molecule has 1 N–H and O–H groups in total. The van der Waals surface area contributed by atoms with Crippen molar-refractivity contribution >= 4 is 17.4 Å². The largest absolute Gasteiger partial charge is 0.624 e. The Morgan fingerprint density at radius 1 is 1.00 bits per heavy atom. The number of nitrogens with one attached hydrogen (secondary N) is 1. The SMILES string of the molecule is COc1cc(C)c(C)cc1NC(=O)[N+]1([O-])CCN(c2cc(C)cc(C)c2)CC1. The number of ether oxygens (including phenoxy) is 1. The molecule has 0 bridgehead atoms. The number of hydroxylamine groups is 3. The number of carbonyl (C=O) groups is 1. The first-order valence-electron chi connectivity index (χ1n) is 9.60. The summed E-state index contributed by atoms with van der Waals surface area (Å²) in [5, 5.41) is 15.9. The first-order valence-corrected chi connectivity index (χ1v) is 9.60. The maximum Gasteiger partial charge on any atom is 0.421 e. The van der Waals surface area contributed by atoms with E-state index in [1.54, 1.807) is 7.11 Å². The van der Waals surface area contributed by atoms with Gasteiger partial charge in [-0.15, -0.1) is 0 Å². The van der Waals surface area contributed by atoms with E-state index in [1.165, 1.54) is 11.1 Å². The van der Waals surface area contributed by atoms with Crippen molar-refractivity contribution in [2.75, 3.05) is 43.5 Å². The van der Waals surface area contributed by atoms with Crippen LogP contribution in [0.15, 0.2) is 30.3 Å². The molecule has 0 atom stereocenters. The fourth-order valence-electron chi connectivity index (χ4n) is 3.66. The van der Waals surface area contributed by atoms with Gasteiger partial charge in [0.2, 0.25) is 0 Å². The molecule has 0 saturated carbocycles. The number of quaternary nitrogens is 1. The summed E-state index contributed by atoms with van der Waals surface area (Å²) < 4.78 is 4.49. The van der Waals surface area contributed by atoms with Gasteiger partial charge >= 0.3 is 6.03 Å². The number of rotatable bonds is 3. The molecule has 3 rings (SSSR count). The highest BCUT2D eigenvalue weighted by Crippen LogP contribution is 2.29. The molecule has 2 aromatic rings. The van der Waals surface area contributed by atoms with E-state index in [4.69, 9.17) is 4.74 Å². The Balaban J connectivity index is 1.71. The van der Waals surface area contributed by atoms with Crippen molar-refractivity contribution in [3.63, 3.8) is 0 Å². The summed E-state index contributed by atoms with van der Waals surface area (Å²) in [5.74, 6) is 0.567. The molecule has 0 aliphatic carbocycles. The average Bonchev–Trinajstić information content (AvgIpc) is 2.64. The Morgan fingerprint density at radius 3 is 2.14 bits per heavy atom. The summed E-state index contributed by atoms with van der Waals surface area (Å²) in [4.78, 5) is 15.0. The lowest BCUT2D eigenvalue weighted by molar-refractivity contribution is -0.797. The Morgan fingerprint density at radius 2 is 1.57 bits per heavy atom. The summed E-state index contributed by atoms with van der Waals surface area (Å²) in [6.45, 7) is 9.61. The summed E-state index contributed by atoms with van der Waals surface area (Å²) in [6, 6.07) is 9.56. The number of carbonyl (C=O) groups excluding carboxylic acids is 1. The number of anilines is 2. The molecule has 6 nitrogen and oxygen atoms in total. The van der Waals surface area contributed by atoms with Crippen molar-refractivity contribution in [3.8, 4) is 5.75 Å². The van der Waals surface area contributed by atoms with Gasteiger partial charge in [0.1, 0.15) is 18.8 Å². The van der Waals surface area contributed by atoms with Crippen molar-refractivity contribution in [1.82, 2.24) is 0 Å². The molecule has 1 saturated heterocycles. The van der Waals surface area contributed by atoms with Crippen molar-refractivity contribution < 1.29 is 14.2 Å². The normalized spacial score (nSPS) is 16.0. The van der Waals surface area contributed by atoms with Gasteiger partial charge in [-0.2, -0.15) is 0 Å². The quantitative estimate of drug-likeness (QED) is 0.634. The second-order valence-corrected chi connectivity index (χ2v) is 7.74. The van der Waals surface area contributed by atoms with Gasteiger partial charge in [-0.25, -0.2) is 4.79 Å². The molecule has 1 aliphatic rings. The lowest BCUT2D eigenvalue weighted by Crippen LogP contribution is -2.60. The number of hydrogen-bond acceptors (Lipinski definition) is 4. The van der Waals surface area contributed by atoms with E-state index in [-0.39, 0.29) is 13.1 Å². The highest BCUT2D eigenvalue weighted by Gasteiger charge is 2.33. The van der Waals surface area contributed by atoms with E-state index < -0.39 is 10.7 Å². The maximum absolute atomic E-state index is 13.1. The molecule has 1 fully saturated rings. The van der Waals surface area contributed by atoms with Crippen LogP contribution in [0.4, 0.5) is 16.2 Å². The van der Waals surface area contributed by atoms with E-state index in [2.05, 4.69) is 42.3 Å². The smallest absolute Gasteiger partial charge is 0.421 e. The van der Waals surface area contributed by atoms with E-state index in [1.807, 2.05) is 26.0 Å². The molecule has 6 heteroatoms. The first kappa shape index (κ1) is 20.2. The number of nitrogens with zero attached hydrogens (tertiary/aromatic N) is 2. The second-order valence-electron chi connectivity index (χ2n) is 7.74. The van der Waals surface area contributed by atoms with Crippen molar-refractivity contribution in [3.05, 3.63) is 57.8 Å². The predicted molar refractivity (Wildman–Crippen MR) is 113 cm³/mol. The summed E-state index contributed by atoms with van der Waals surface area (Å²) in [6.07, 6.45) is 0. The zero-order chi connectivity index (χ0) is 20.5. The zero-order valence-corrected chi connectivity index (χ0v) is 17.3. The first-order chi connectivity index (χ1) is 13.2. The molecule has 0 aromatic heterocycles. The molecule has 2 aromatic carbocycles. The van der Waals surface area contributed by atoms with Gasteiger partial charge in [-0.1, -0.05) is 6.07 Å². The third kappa shape index (κ3) is 4.13. The lowest BCUT2D eigenvalue weighted by atomic mass is 10.1. The topological polar surface area (TPSA) is 64.6 Å². The number of aryl methyl sites for hydroxylation is 4. The molecule has 28 heavy (non-hydrogen) atoms. The fraction of sp³-hybridized carbons (Fsp3) is 0.409. The van der Waals surface area contributed by atoms with Crippen LogP contribution in [0, 0.1) is 32.9 Å². The van der Waals surface area contributed by atoms with Gasteiger partial charge in [0, 0.05) is 5.69 Å². The minimum Gasteiger partial charge on any atom is -0.624 e. The number of methoxy groups -OCH3 is 1. The molecule has 1 aliphatic heterocycles. The van der Waals surface area contributed by atoms with Crippen LogP contribution >= 0.6 is 0 Å². The lowest BCUT2D eigenvalue weighted by Gasteiger charge is -2.45. The minimum absolute atomic E-state index is 0.214. The highest BCUT2D eigenvalue weighted by atomic mass is 16.6. The highest BCUT2D eigenvalue weighted by molar-refractivity contribution is 5.87. The van der Waals surface area contributed by atoms with Gasteiger partial charge in [-0.05, 0) is 74.2 Å². The van der Waals surface area contributed by atoms with Crippen LogP contribution in [0.2, 0.25) is 0 Å². The predicted octanol–water partition coefficient (Wildman–Crippen LogP) is 4.30. The molecule has 1 heterocycles. The Hall–Kier alpha value is -2.57. The standard InChI is InChI=1S/C22H29N3O3/c1-15-10-16(2)12-19(11-15)24-6-8-25(27,9-7-24)22(26)23-20-13-17(3)18(4)14-21(20)28-5/h10-14H,6-9H2,1-5H3,(H,23,26). The molecule has 2 amide bonds. The van der Waals surface area contributed by atoms with Crippen molar-refractivity contribution in [2.24, 2.45) is 0 Å². The van der Waals surface area contributed by atoms with Crippen LogP contribution in [0.5, 0.6) is 5.75 Å². The zero-order valence-electron chi connectivity index (χ0n) is 17.3.